The molecular formula is C10H11IN6. The van der Waals surface area contributed by atoms with Crippen LogP contribution < -0.4 is 5.73 Å². The Morgan fingerprint density at radius 2 is 2.24 bits per heavy atom. The normalized spacial score (nSPS) is 12.6. The van der Waals surface area contributed by atoms with Crippen LogP contribution in [0.25, 0.3) is 11.0 Å². The molecule has 0 aliphatic heterocycles. The third kappa shape index (κ3) is 1.93. The molecule has 0 aliphatic rings. The highest BCUT2D eigenvalue weighted by molar-refractivity contribution is 14.1. The van der Waals surface area contributed by atoms with Gasteiger partial charge in [0, 0.05) is 0 Å². The summed E-state index contributed by atoms with van der Waals surface area (Å²) in [7, 11) is 0. The maximum absolute atomic E-state index is 8.85. The van der Waals surface area contributed by atoms with E-state index in [1.807, 2.05) is 13.0 Å². The lowest BCUT2D eigenvalue weighted by atomic mass is 10.2. The zero-order chi connectivity index (χ0) is 12.6. The molecule has 0 bridgehead atoms. The van der Waals surface area contributed by atoms with Crippen molar-refractivity contribution in [2.45, 2.75) is 26.3 Å². The van der Waals surface area contributed by atoms with Gasteiger partial charge in [-0.05, 0) is 35.9 Å². The summed E-state index contributed by atoms with van der Waals surface area (Å²) in [6.07, 6.45) is 0.929. The fraction of sp³-hybridized carbons (Fsp3) is 0.400. The molecule has 2 N–H and O–H groups in total. The van der Waals surface area contributed by atoms with Gasteiger partial charge in [0.2, 0.25) is 5.82 Å². The first-order chi connectivity index (χ1) is 8.08. The van der Waals surface area contributed by atoms with Gasteiger partial charge in [0.1, 0.15) is 15.6 Å². The number of nitrogens with zero attached hydrogens (tertiary/aromatic N) is 5. The number of fused-ring (bicyclic) bond motifs is 1. The van der Waals surface area contributed by atoms with Crippen molar-refractivity contribution in [3.63, 3.8) is 0 Å². The zero-order valence-corrected chi connectivity index (χ0v) is 11.6. The van der Waals surface area contributed by atoms with Gasteiger partial charge in [-0.1, -0.05) is 6.92 Å². The van der Waals surface area contributed by atoms with E-state index >= 15 is 0 Å². The quantitative estimate of drug-likeness (QED) is 0.841. The molecule has 88 valence electrons. The average Bonchev–Trinajstić information content (AvgIpc) is 2.66. The summed E-state index contributed by atoms with van der Waals surface area (Å²) >= 11 is 2.10. The van der Waals surface area contributed by atoms with E-state index in [9.17, 15) is 0 Å². The van der Waals surface area contributed by atoms with Crippen LogP contribution in [0.4, 0.5) is 5.82 Å². The smallest absolute Gasteiger partial charge is 0.236 e. The third-order valence-electron chi connectivity index (χ3n) is 2.65. The molecule has 0 spiro atoms. The van der Waals surface area contributed by atoms with Crippen molar-refractivity contribution in [3.8, 4) is 6.07 Å². The SMILES string of the molecule is CC[C@@H](C)n1nc(I)c2c(N)nc(C#N)nc21. The minimum absolute atomic E-state index is 0.0795. The highest BCUT2D eigenvalue weighted by Crippen LogP contribution is 2.26. The Morgan fingerprint density at radius 3 is 2.82 bits per heavy atom. The van der Waals surface area contributed by atoms with E-state index in [1.165, 1.54) is 0 Å². The molecule has 0 fully saturated rings. The summed E-state index contributed by atoms with van der Waals surface area (Å²) < 4.78 is 2.57. The Balaban J connectivity index is 2.80. The van der Waals surface area contributed by atoms with Crippen molar-refractivity contribution >= 4 is 39.4 Å². The molecular weight excluding hydrogens is 331 g/mol. The predicted octanol–water partition coefficient (Wildman–Crippen LogP) is 1.86. The number of nitriles is 1. The van der Waals surface area contributed by atoms with Gasteiger partial charge in [-0.3, -0.25) is 0 Å². The maximum atomic E-state index is 8.85. The van der Waals surface area contributed by atoms with Crippen LogP contribution in [0.15, 0.2) is 0 Å². The van der Waals surface area contributed by atoms with Crippen molar-refractivity contribution in [1.29, 1.82) is 5.26 Å². The van der Waals surface area contributed by atoms with Crippen molar-refractivity contribution in [2.24, 2.45) is 0 Å². The molecule has 0 saturated heterocycles. The van der Waals surface area contributed by atoms with Crippen LogP contribution in [0, 0.1) is 15.0 Å². The third-order valence-corrected chi connectivity index (χ3v) is 3.40. The van der Waals surface area contributed by atoms with Gasteiger partial charge in [0.05, 0.1) is 11.4 Å². The summed E-state index contributed by atoms with van der Waals surface area (Å²) in [5, 5.41) is 14.0. The Kier molecular flexibility index (Phi) is 3.15. The molecule has 2 aromatic heterocycles. The molecule has 0 aromatic carbocycles. The van der Waals surface area contributed by atoms with Crippen LogP contribution in [0.3, 0.4) is 0 Å². The number of nitrogen functional groups attached to an aromatic ring is 1. The number of aromatic nitrogens is 4. The van der Waals surface area contributed by atoms with E-state index < -0.39 is 0 Å². The van der Waals surface area contributed by atoms with E-state index in [1.54, 1.807) is 4.68 Å². The lowest BCUT2D eigenvalue weighted by molar-refractivity contribution is 0.487. The Hall–Kier alpha value is -1.43. The van der Waals surface area contributed by atoms with Gasteiger partial charge in [0.25, 0.3) is 0 Å². The van der Waals surface area contributed by atoms with Gasteiger partial charge in [-0.2, -0.15) is 15.3 Å². The second-order valence-electron chi connectivity index (χ2n) is 3.74. The second-order valence-corrected chi connectivity index (χ2v) is 4.76. The first-order valence-electron chi connectivity index (χ1n) is 5.19. The lowest BCUT2D eigenvalue weighted by Gasteiger charge is -2.09. The average molecular weight is 342 g/mol. The van der Waals surface area contributed by atoms with Crippen molar-refractivity contribution in [3.05, 3.63) is 9.53 Å². The summed E-state index contributed by atoms with van der Waals surface area (Å²) in [6.45, 7) is 4.12. The standard InChI is InChI=1S/C10H11IN6/c1-3-5(2)17-10-7(8(11)16-17)9(13)14-6(4-12)15-10/h5H,3H2,1-2H3,(H2,13,14,15)/t5-/m1/s1. The first-order valence-corrected chi connectivity index (χ1v) is 6.27. The van der Waals surface area contributed by atoms with Crippen molar-refractivity contribution in [2.75, 3.05) is 5.73 Å². The van der Waals surface area contributed by atoms with Crippen LogP contribution in [-0.4, -0.2) is 19.7 Å². The molecule has 17 heavy (non-hydrogen) atoms. The molecule has 0 radical (unpaired) electrons. The fourth-order valence-electron chi connectivity index (χ4n) is 1.55. The number of anilines is 1. The molecule has 0 aliphatic carbocycles. The minimum atomic E-state index is 0.0795. The van der Waals surface area contributed by atoms with E-state index in [2.05, 4.69) is 44.6 Å². The van der Waals surface area contributed by atoms with Crippen LogP contribution in [-0.2, 0) is 0 Å². The molecule has 0 unspecified atom stereocenters. The van der Waals surface area contributed by atoms with E-state index in [0.717, 1.165) is 15.5 Å². The predicted molar refractivity (Wildman–Crippen MR) is 72.2 cm³/mol. The number of hydrogen-bond acceptors (Lipinski definition) is 5. The van der Waals surface area contributed by atoms with Crippen LogP contribution in [0.1, 0.15) is 32.1 Å². The van der Waals surface area contributed by atoms with Crippen molar-refractivity contribution in [1.82, 2.24) is 19.7 Å². The Bertz CT molecular complexity index is 611. The largest absolute Gasteiger partial charge is 0.383 e. The number of rotatable bonds is 2. The molecule has 0 amide bonds. The summed E-state index contributed by atoms with van der Waals surface area (Å²) in [4.78, 5) is 8.11. The molecule has 2 rings (SSSR count). The van der Waals surface area contributed by atoms with E-state index in [-0.39, 0.29) is 11.9 Å². The maximum Gasteiger partial charge on any atom is 0.236 e. The summed E-state index contributed by atoms with van der Waals surface area (Å²) in [6, 6.07) is 2.12. The van der Waals surface area contributed by atoms with E-state index in [0.29, 0.717) is 11.5 Å². The first kappa shape index (κ1) is 12.0. The second kappa shape index (κ2) is 4.44. The number of nitrogens with two attached hydrogens (primary N) is 1. The Labute approximate surface area is 112 Å². The zero-order valence-electron chi connectivity index (χ0n) is 9.48. The molecule has 1 atom stereocenters. The highest BCUT2D eigenvalue weighted by atomic mass is 127. The van der Waals surface area contributed by atoms with Gasteiger partial charge >= 0.3 is 0 Å². The van der Waals surface area contributed by atoms with Crippen LogP contribution >= 0.6 is 22.6 Å². The topological polar surface area (TPSA) is 93.4 Å². The van der Waals surface area contributed by atoms with Gasteiger partial charge < -0.3 is 5.73 Å². The van der Waals surface area contributed by atoms with Crippen LogP contribution in [0.2, 0.25) is 0 Å². The van der Waals surface area contributed by atoms with Gasteiger partial charge in [0.15, 0.2) is 5.65 Å². The minimum Gasteiger partial charge on any atom is -0.383 e. The van der Waals surface area contributed by atoms with E-state index in [4.69, 9.17) is 11.0 Å². The molecule has 0 saturated carbocycles. The lowest BCUT2D eigenvalue weighted by Crippen LogP contribution is -2.07. The number of hydrogen-bond donors (Lipinski definition) is 1. The molecule has 2 heterocycles. The van der Waals surface area contributed by atoms with Gasteiger partial charge in [-0.15, -0.1) is 0 Å². The van der Waals surface area contributed by atoms with Crippen LogP contribution in [0.5, 0.6) is 0 Å². The molecule has 2 aromatic rings. The monoisotopic (exact) mass is 342 g/mol. The number of halogens is 1. The summed E-state index contributed by atoms with van der Waals surface area (Å²) in [5.41, 5.74) is 6.46. The highest BCUT2D eigenvalue weighted by Gasteiger charge is 2.17. The Morgan fingerprint density at radius 1 is 1.53 bits per heavy atom. The molecule has 7 heteroatoms. The fourth-order valence-corrected chi connectivity index (χ4v) is 2.30. The molecule has 6 nitrogen and oxygen atoms in total. The van der Waals surface area contributed by atoms with Gasteiger partial charge in [-0.25, -0.2) is 9.67 Å². The van der Waals surface area contributed by atoms with Crippen molar-refractivity contribution < 1.29 is 0 Å². The summed E-state index contributed by atoms with van der Waals surface area (Å²) in [5.74, 6) is 0.390.